The maximum atomic E-state index is 12.5. The first-order valence-electron chi connectivity index (χ1n) is 10.5. The highest BCUT2D eigenvalue weighted by molar-refractivity contribution is 5.79. The van der Waals surface area contributed by atoms with E-state index in [4.69, 9.17) is 0 Å². The molecule has 2 aromatic carbocycles. The lowest BCUT2D eigenvalue weighted by atomic mass is 10.1. The van der Waals surface area contributed by atoms with Gasteiger partial charge in [-0.25, -0.2) is 4.79 Å². The SMILES string of the molecule is CN1CCN(c2ccccc2CNC(=O)CCn2c(=O)[nH]c(=O)c3ccccc32)CC1. The Morgan fingerprint density at radius 2 is 1.71 bits per heavy atom. The van der Waals surface area contributed by atoms with Crippen molar-refractivity contribution in [3.8, 4) is 0 Å². The van der Waals surface area contributed by atoms with Gasteiger partial charge in [-0.2, -0.15) is 0 Å². The molecule has 0 saturated carbocycles. The third-order valence-corrected chi connectivity index (χ3v) is 5.78. The molecule has 2 N–H and O–H groups in total. The predicted octanol–water partition coefficient (Wildman–Crippen LogP) is 1.15. The first kappa shape index (κ1) is 20.9. The number of carbonyl (C=O) groups is 1. The standard InChI is InChI=1S/C23H27N5O3/c1-26-12-14-27(15-13-26)19-8-4-2-6-17(19)16-24-21(29)10-11-28-20-9-5-3-7-18(20)22(30)25-23(28)31/h2-9H,10-16H2,1H3,(H,24,29)(H,25,30,31). The molecule has 31 heavy (non-hydrogen) atoms. The van der Waals surface area contributed by atoms with E-state index in [0.717, 1.165) is 37.4 Å². The molecule has 1 aromatic heterocycles. The summed E-state index contributed by atoms with van der Waals surface area (Å²) in [6.45, 7) is 4.59. The van der Waals surface area contributed by atoms with Crippen molar-refractivity contribution in [3.63, 3.8) is 0 Å². The Balaban J connectivity index is 1.41. The zero-order valence-electron chi connectivity index (χ0n) is 17.6. The third kappa shape index (κ3) is 4.69. The Morgan fingerprint density at radius 3 is 2.52 bits per heavy atom. The summed E-state index contributed by atoms with van der Waals surface area (Å²) >= 11 is 0. The molecule has 0 atom stereocenters. The van der Waals surface area contributed by atoms with Crippen LogP contribution in [0.2, 0.25) is 0 Å². The van der Waals surface area contributed by atoms with Crippen LogP contribution < -0.4 is 21.5 Å². The highest BCUT2D eigenvalue weighted by Crippen LogP contribution is 2.21. The van der Waals surface area contributed by atoms with Crippen LogP contribution in [0.25, 0.3) is 10.9 Å². The van der Waals surface area contributed by atoms with Crippen LogP contribution in [0.15, 0.2) is 58.1 Å². The van der Waals surface area contributed by atoms with Crippen LogP contribution in [0.4, 0.5) is 5.69 Å². The number of hydrogen-bond acceptors (Lipinski definition) is 5. The normalized spacial score (nSPS) is 14.7. The fraction of sp³-hybridized carbons (Fsp3) is 0.348. The number of benzene rings is 2. The van der Waals surface area contributed by atoms with E-state index in [9.17, 15) is 14.4 Å². The van der Waals surface area contributed by atoms with Gasteiger partial charge in [-0.15, -0.1) is 0 Å². The number of aromatic amines is 1. The van der Waals surface area contributed by atoms with Crippen molar-refractivity contribution >= 4 is 22.5 Å². The summed E-state index contributed by atoms with van der Waals surface area (Å²) in [5, 5.41) is 3.41. The van der Waals surface area contributed by atoms with Crippen molar-refractivity contribution in [2.45, 2.75) is 19.5 Å². The zero-order valence-corrected chi connectivity index (χ0v) is 17.6. The number of amides is 1. The average molecular weight is 422 g/mol. The minimum Gasteiger partial charge on any atom is -0.369 e. The van der Waals surface area contributed by atoms with E-state index in [-0.39, 0.29) is 18.9 Å². The molecule has 162 valence electrons. The number of piperazine rings is 1. The Hall–Kier alpha value is -3.39. The molecule has 0 aliphatic carbocycles. The molecule has 0 spiro atoms. The van der Waals surface area contributed by atoms with E-state index in [2.05, 4.69) is 33.2 Å². The summed E-state index contributed by atoms with van der Waals surface area (Å²) < 4.78 is 1.44. The van der Waals surface area contributed by atoms with Crippen LogP contribution in [-0.4, -0.2) is 53.6 Å². The van der Waals surface area contributed by atoms with Crippen LogP contribution in [0, 0.1) is 0 Å². The van der Waals surface area contributed by atoms with Gasteiger partial charge in [0.1, 0.15) is 0 Å². The average Bonchev–Trinajstić information content (AvgIpc) is 2.78. The van der Waals surface area contributed by atoms with Crippen molar-refractivity contribution in [2.75, 3.05) is 38.1 Å². The number of aryl methyl sites for hydroxylation is 1. The first-order valence-corrected chi connectivity index (χ1v) is 10.5. The summed E-state index contributed by atoms with van der Waals surface area (Å²) in [4.78, 5) is 43.7. The minimum atomic E-state index is -0.503. The van der Waals surface area contributed by atoms with Gasteiger partial charge in [-0.1, -0.05) is 30.3 Å². The predicted molar refractivity (Wildman–Crippen MR) is 121 cm³/mol. The second kappa shape index (κ2) is 9.18. The van der Waals surface area contributed by atoms with Gasteiger partial charge in [-0.3, -0.25) is 19.1 Å². The van der Waals surface area contributed by atoms with E-state index >= 15 is 0 Å². The minimum absolute atomic E-state index is 0.143. The molecule has 1 aliphatic heterocycles. The molecule has 2 heterocycles. The molecular weight excluding hydrogens is 394 g/mol. The van der Waals surface area contributed by atoms with Crippen molar-refractivity contribution in [1.29, 1.82) is 0 Å². The summed E-state index contributed by atoms with van der Waals surface area (Å²) in [6.07, 6.45) is 0.145. The number of likely N-dealkylation sites (N-methyl/N-ethyl adjacent to an activating group) is 1. The fourth-order valence-electron chi connectivity index (χ4n) is 3.98. The lowest BCUT2D eigenvalue weighted by Crippen LogP contribution is -2.45. The first-order chi connectivity index (χ1) is 15.0. The number of anilines is 1. The van der Waals surface area contributed by atoms with Crippen molar-refractivity contribution in [1.82, 2.24) is 19.8 Å². The smallest absolute Gasteiger partial charge is 0.328 e. The summed E-state index contributed by atoms with van der Waals surface area (Å²) in [6, 6.07) is 15.0. The molecule has 1 amide bonds. The fourth-order valence-corrected chi connectivity index (χ4v) is 3.98. The van der Waals surface area contributed by atoms with E-state index in [1.165, 1.54) is 4.57 Å². The van der Waals surface area contributed by atoms with Gasteiger partial charge in [0.15, 0.2) is 0 Å². The topological polar surface area (TPSA) is 90.4 Å². The molecule has 0 bridgehead atoms. The number of nitrogens with one attached hydrogen (secondary N) is 2. The second-order valence-corrected chi connectivity index (χ2v) is 7.87. The number of para-hydroxylation sites is 2. The molecule has 8 heteroatoms. The summed E-state index contributed by atoms with van der Waals surface area (Å²) in [7, 11) is 2.13. The molecular formula is C23H27N5O3. The number of H-pyrrole nitrogens is 1. The molecule has 0 radical (unpaired) electrons. The monoisotopic (exact) mass is 421 g/mol. The van der Waals surface area contributed by atoms with Gasteiger partial charge in [0.05, 0.1) is 10.9 Å². The largest absolute Gasteiger partial charge is 0.369 e. The maximum absolute atomic E-state index is 12.5. The zero-order chi connectivity index (χ0) is 21.8. The van der Waals surface area contributed by atoms with Crippen LogP contribution in [0.5, 0.6) is 0 Å². The molecule has 3 aromatic rings. The molecule has 1 aliphatic rings. The third-order valence-electron chi connectivity index (χ3n) is 5.78. The van der Waals surface area contributed by atoms with E-state index < -0.39 is 11.2 Å². The Labute approximate surface area is 180 Å². The molecule has 1 fully saturated rings. The molecule has 4 rings (SSSR count). The Kier molecular flexibility index (Phi) is 6.18. The highest BCUT2D eigenvalue weighted by atomic mass is 16.2. The van der Waals surface area contributed by atoms with Gasteiger partial charge in [-0.05, 0) is 30.8 Å². The summed E-state index contributed by atoms with van der Waals surface area (Å²) in [5.74, 6) is -0.143. The number of aromatic nitrogens is 2. The van der Waals surface area contributed by atoms with Gasteiger partial charge in [0.2, 0.25) is 5.91 Å². The van der Waals surface area contributed by atoms with Gasteiger partial charge >= 0.3 is 5.69 Å². The number of nitrogens with zero attached hydrogens (tertiary/aromatic N) is 3. The van der Waals surface area contributed by atoms with Crippen molar-refractivity contribution < 1.29 is 4.79 Å². The lowest BCUT2D eigenvalue weighted by Gasteiger charge is -2.35. The highest BCUT2D eigenvalue weighted by Gasteiger charge is 2.17. The van der Waals surface area contributed by atoms with E-state index in [1.807, 2.05) is 18.2 Å². The molecule has 1 saturated heterocycles. The molecule has 8 nitrogen and oxygen atoms in total. The number of fused-ring (bicyclic) bond motifs is 1. The van der Waals surface area contributed by atoms with Gasteiger partial charge in [0, 0.05) is 51.4 Å². The van der Waals surface area contributed by atoms with Crippen molar-refractivity contribution in [3.05, 3.63) is 74.9 Å². The molecule has 0 unspecified atom stereocenters. The number of carbonyl (C=O) groups excluding carboxylic acids is 1. The van der Waals surface area contributed by atoms with Crippen LogP contribution in [-0.2, 0) is 17.9 Å². The number of hydrogen-bond donors (Lipinski definition) is 2. The Morgan fingerprint density at radius 1 is 1.00 bits per heavy atom. The van der Waals surface area contributed by atoms with E-state index in [0.29, 0.717) is 17.4 Å². The van der Waals surface area contributed by atoms with E-state index in [1.54, 1.807) is 24.3 Å². The van der Waals surface area contributed by atoms with Crippen LogP contribution >= 0.6 is 0 Å². The van der Waals surface area contributed by atoms with Crippen molar-refractivity contribution in [2.24, 2.45) is 0 Å². The second-order valence-electron chi connectivity index (χ2n) is 7.87. The van der Waals surface area contributed by atoms with Gasteiger partial charge in [0.25, 0.3) is 5.56 Å². The number of rotatable bonds is 6. The maximum Gasteiger partial charge on any atom is 0.328 e. The quantitative estimate of drug-likeness (QED) is 0.623. The van der Waals surface area contributed by atoms with Crippen LogP contribution in [0.1, 0.15) is 12.0 Å². The van der Waals surface area contributed by atoms with Crippen LogP contribution in [0.3, 0.4) is 0 Å². The summed E-state index contributed by atoms with van der Waals surface area (Å²) in [5.41, 5.74) is 1.84. The Bertz CT molecular complexity index is 1190. The van der Waals surface area contributed by atoms with Gasteiger partial charge < -0.3 is 15.1 Å². The lowest BCUT2D eigenvalue weighted by molar-refractivity contribution is -0.121.